The molecular weight excluding hydrogens is 696 g/mol. The molecule has 1 saturated carbocycles. The minimum atomic E-state index is -4.34. The molecule has 0 unspecified atom stereocenters. The summed E-state index contributed by atoms with van der Waals surface area (Å²) in [6.45, 7) is 1.71. The topological polar surface area (TPSA) is 126 Å². The lowest BCUT2D eigenvalue weighted by molar-refractivity contribution is -0.123. The first-order valence-electron chi connectivity index (χ1n) is 16.7. The number of amides is 1. The van der Waals surface area contributed by atoms with Gasteiger partial charge in [-0.2, -0.15) is 8.70 Å². The average molecular weight is 740 g/mol. The number of halogens is 2. The van der Waals surface area contributed by atoms with E-state index in [4.69, 9.17) is 23.7 Å². The summed E-state index contributed by atoms with van der Waals surface area (Å²) in [7, 11) is 2.93. The lowest BCUT2D eigenvalue weighted by Crippen LogP contribution is -2.36. The normalized spacial score (nSPS) is 17.4. The van der Waals surface area contributed by atoms with Gasteiger partial charge in [0.2, 0.25) is 11.7 Å². The molecule has 52 heavy (non-hydrogen) atoms. The van der Waals surface area contributed by atoms with Crippen molar-refractivity contribution in [2.75, 3.05) is 40.9 Å². The van der Waals surface area contributed by atoms with Gasteiger partial charge < -0.3 is 29.0 Å². The van der Waals surface area contributed by atoms with E-state index in [2.05, 4.69) is 10.3 Å². The molecule has 0 radical (unpaired) electrons. The summed E-state index contributed by atoms with van der Waals surface area (Å²) in [5.41, 5.74) is 1.74. The number of nitrogens with zero attached hydrogens (tertiary/aromatic N) is 2. The van der Waals surface area contributed by atoms with Gasteiger partial charge in [0.1, 0.15) is 23.0 Å². The van der Waals surface area contributed by atoms with Crippen molar-refractivity contribution in [3.05, 3.63) is 95.2 Å². The number of carbonyl (C=O) groups is 1. The molecule has 0 saturated heterocycles. The largest absolute Gasteiger partial charge is 0.497 e. The Morgan fingerprint density at radius 3 is 2.00 bits per heavy atom. The summed E-state index contributed by atoms with van der Waals surface area (Å²) in [6, 6.07) is 15.5. The molecule has 0 aliphatic heterocycles. The molecule has 4 aromatic rings. The predicted molar refractivity (Wildman–Crippen MR) is 191 cm³/mol. The lowest BCUT2D eigenvalue weighted by Gasteiger charge is -2.36. The monoisotopic (exact) mass is 739 g/mol. The van der Waals surface area contributed by atoms with Crippen molar-refractivity contribution in [2.24, 2.45) is 11.8 Å². The minimum absolute atomic E-state index is 0.111. The van der Waals surface area contributed by atoms with Crippen molar-refractivity contribution in [3.63, 3.8) is 0 Å². The number of pyridine rings is 1. The zero-order valence-corrected chi connectivity index (χ0v) is 30.8. The Morgan fingerprint density at radius 1 is 0.827 bits per heavy atom. The van der Waals surface area contributed by atoms with Gasteiger partial charge in [-0.3, -0.25) is 4.79 Å². The van der Waals surface area contributed by atoms with Crippen LogP contribution < -0.4 is 29.0 Å². The number of anilines is 1. The second-order valence-electron chi connectivity index (χ2n) is 12.5. The first-order chi connectivity index (χ1) is 24.9. The van der Waals surface area contributed by atoms with E-state index >= 15 is 0 Å². The van der Waals surface area contributed by atoms with E-state index in [-0.39, 0.29) is 41.4 Å². The quantitative estimate of drug-likeness (QED) is 0.146. The summed E-state index contributed by atoms with van der Waals surface area (Å²) < 4.78 is 86.1. The van der Waals surface area contributed by atoms with Crippen LogP contribution in [0.4, 0.5) is 14.5 Å². The van der Waals surface area contributed by atoms with E-state index in [1.54, 1.807) is 36.4 Å². The highest BCUT2D eigenvalue weighted by Gasteiger charge is 2.39. The van der Waals surface area contributed by atoms with E-state index in [1.807, 2.05) is 6.92 Å². The number of hydrogen-bond donors (Lipinski definition) is 1. The zero-order valence-electron chi connectivity index (χ0n) is 29.9. The van der Waals surface area contributed by atoms with Gasteiger partial charge >= 0.3 is 0 Å². The van der Waals surface area contributed by atoms with Gasteiger partial charge in [-0.15, -0.1) is 0 Å². The third-order valence-electron chi connectivity index (χ3n) is 9.50. The Bertz CT molecular complexity index is 1950. The third kappa shape index (κ3) is 8.07. The summed E-state index contributed by atoms with van der Waals surface area (Å²) in [5.74, 6) is -2.06. The van der Waals surface area contributed by atoms with E-state index in [1.165, 1.54) is 64.3 Å². The predicted octanol–water partition coefficient (Wildman–Crippen LogP) is 6.95. The number of benzene rings is 3. The highest BCUT2D eigenvalue weighted by atomic mass is 32.2. The fraction of sp³-hybridized carbons (Fsp3) is 0.368. The molecule has 1 heterocycles. The van der Waals surface area contributed by atoms with E-state index in [9.17, 15) is 22.0 Å². The number of ether oxygens (including phenoxy) is 5. The van der Waals surface area contributed by atoms with Crippen LogP contribution in [0.25, 0.3) is 0 Å². The highest BCUT2D eigenvalue weighted by Crippen LogP contribution is 2.45. The van der Waals surface area contributed by atoms with Gasteiger partial charge in [-0.25, -0.2) is 17.8 Å². The summed E-state index contributed by atoms with van der Waals surface area (Å²) >= 11 is 0. The number of rotatable bonds is 14. The summed E-state index contributed by atoms with van der Waals surface area (Å²) in [4.78, 5) is 18.2. The molecule has 278 valence electrons. The smallest absolute Gasteiger partial charge is 0.261 e. The number of nitrogens with one attached hydrogen (secondary N) is 1. The third-order valence-corrected chi connectivity index (χ3v) is 11.2. The van der Waals surface area contributed by atoms with Crippen LogP contribution >= 0.6 is 0 Å². The lowest BCUT2D eigenvalue weighted by atomic mass is 9.69. The maximum atomic E-state index is 14.7. The Labute approximate surface area is 302 Å². The SMILES string of the molecule is COc1ccc(CN(Cc2ccc(OC)cc2OC)S(=O)(=O)c2cc(NC(=O)[C@@H]3[C@@H](C)CCC[C@H]3c3ccc(F)c(F)c3OC)ccn2)c(OC)c1. The zero-order chi connectivity index (χ0) is 37.6. The van der Waals surface area contributed by atoms with Gasteiger partial charge in [0.15, 0.2) is 16.6 Å². The van der Waals surface area contributed by atoms with Gasteiger partial charge in [0, 0.05) is 65.8 Å². The molecule has 1 amide bonds. The molecule has 11 nitrogen and oxygen atoms in total. The number of hydrogen-bond acceptors (Lipinski definition) is 9. The van der Waals surface area contributed by atoms with Gasteiger partial charge in [-0.1, -0.05) is 31.5 Å². The van der Waals surface area contributed by atoms with E-state index in [0.717, 1.165) is 18.9 Å². The molecule has 14 heteroatoms. The fourth-order valence-electron chi connectivity index (χ4n) is 6.81. The molecule has 1 aliphatic carbocycles. The first kappa shape index (κ1) is 38.3. The second kappa shape index (κ2) is 16.6. The average Bonchev–Trinajstić information content (AvgIpc) is 3.15. The molecule has 1 fully saturated rings. The van der Waals surface area contributed by atoms with Crippen molar-refractivity contribution >= 4 is 21.6 Å². The molecule has 1 aromatic heterocycles. The van der Waals surface area contributed by atoms with E-state index < -0.39 is 33.5 Å². The fourth-order valence-corrected chi connectivity index (χ4v) is 8.16. The molecule has 3 atom stereocenters. The van der Waals surface area contributed by atoms with Crippen LogP contribution in [0.3, 0.4) is 0 Å². The number of aromatic nitrogens is 1. The van der Waals surface area contributed by atoms with Crippen molar-refractivity contribution in [2.45, 2.75) is 50.2 Å². The molecule has 1 N–H and O–H groups in total. The summed E-state index contributed by atoms with van der Waals surface area (Å²) in [6.07, 6.45) is 3.39. The molecule has 5 rings (SSSR count). The van der Waals surface area contributed by atoms with Crippen molar-refractivity contribution in [1.29, 1.82) is 0 Å². The number of carbonyl (C=O) groups excluding carboxylic acids is 1. The first-order valence-corrected chi connectivity index (χ1v) is 18.1. The van der Waals surface area contributed by atoms with Crippen LogP contribution in [0.5, 0.6) is 28.7 Å². The maximum Gasteiger partial charge on any atom is 0.261 e. The van der Waals surface area contributed by atoms with Crippen molar-refractivity contribution < 1.29 is 45.7 Å². The Kier molecular flexibility index (Phi) is 12.2. The molecular formula is C38H43F2N3O8S. The van der Waals surface area contributed by atoms with Crippen LogP contribution in [-0.4, -0.2) is 59.2 Å². The van der Waals surface area contributed by atoms with Crippen LogP contribution in [0.1, 0.15) is 48.8 Å². The Hall–Kier alpha value is -4.95. The van der Waals surface area contributed by atoms with Crippen LogP contribution in [0, 0.1) is 23.5 Å². The number of methoxy groups -OCH3 is 5. The standard InChI is InChI=1S/C38H43F2N3O8S/c1-23-8-7-9-29(30-14-15-31(39)36(40)37(30)51-6)35(23)38(44)42-26-16-17-41-34(18-26)52(45,46)43(21-24-10-12-27(47-2)19-32(24)49-4)22-25-11-13-28(48-3)20-33(25)50-5/h10-20,23,29,35H,7-9,21-22H2,1-6H3,(H,41,42,44)/t23-,29-,35+/m0/s1. The van der Waals surface area contributed by atoms with Crippen LogP contribution in [0.15, 0.2) is 71.9 Å². The highest BCUT2D eigenvalue weighted by molar-refractivity contribution is 7.89. The van der Waals surface area contributed by atoms with E-state index in [0.29, 0.717) is 46.1 Å². The second-order valence-corrected chi connectivity index (χ2v) is 14.4. The van der Waals surface area contributed by atoms with Gasteiger partial charge in [0.25, 0.3) is 10.0 Å². The number of sulfonamides is 1. The maximum absolute atomic E-state index is 14.7. The Balaban J connectivity index is 1.49. The molecule has 1 aliphatic rings. The van der Waals surface area contributed by atoms with Crippen LogP contribution in [0.2, 0.25) is 0 Å². The van der Waals surface area contributed by atoms with Crippen molar-refractivity contribution in [3.8, 4) is 28.7 Å². The van der Waals surface area contributed by atoms with Gasteiger partial charge in [-0.05, 0) is 48.9 Å². The minimum Gasteiger partial charge on any atom is -0.497 e. The molecule has 3 aromatic carbocycles. The Morgan fingerprint density at radius 2 is 1.44 bits per heavy atom. The van der Waals surface area contributed by atoms with Crippen molar-refractivity contribution in [1.82, 2.24) is 9.29 Å². The molecule has 0 bridgehead atoms. The van der Waals surface area contributed by atoms with Crippen LogP contribution in [-0.2, 0) is 27.9 Å². The molecule has 0 spiro atoms. The van der Waals surface area contributed by atoms with Gasteiger partial charge in [0.05, 0.1) is 35.5 Å². The summed E-state index contributed by atoms with van der Waals surface area (Å²) in [5, 5.41) is 2.57.